The van der Waals surface area contributed by atoms with Crippen LogP contribution in [0.2, 0.25) is 0 Å². The number of hydrogen-bond acceptors (Lipinski definition) is 4. The van der Waals surface area contributed by atoms with Crippen molar-refractivity contribution in [1.29, 1.82) is 0 Å². The van der Waals surface area contributed by atoms with Crippen LogP contribution in [-0.2, 0) is 9.05 Å². The van der Waals surface area contributed by atoms with Gasteiger partial charge in [-0.2, -0.15) is 0 Å². The van der Waals surface area contributed by atoms with Gasteiger partial charge in [0.25, 0.3) is 9.05 Å². The van der Waals surface area contributed by atoms with E-state index < -0.39 is 15.0 Å². The number of halogens is 1. The van der Waals surface area contributed by atoms with Gasteiger partial charge in [0.05, 0.1) is 12.2 Å². The molecular weight excluding hydrogens is 316 g/mol. The van der Waals surface area contributed by atoms with Gasteiger partial charge in [-0.3, -0.25) is 0 Å². The van der Waals surface area contributed by atoms with Gasteiger partial charge in [0.15, 0.2) is 0 Å². The number of unbranched alkanes of at least 4 members (excludes halogenated alkanes) is 4. The van der Waals surface area contributed by atoms with Crippen LogP contribution in [-0.4, -0.2) is 26.1 Å². The molecule has 1 aromatic carbocycles. The fourth-order valence-electron chi connectivity index (χ4n) is 1.84. The highest BCUT2D eigenvalue weighted by Crippen LogP contribution is 2.28. The molecule has 0 aromatic heterocycles. The number of ether oxygens (including phenoxy) is 1. The lowest BCUT2D eigenvalue weighted by Gasteiger charge is -2.10. The van der Waals surface area contributed by atoms with E-state index in [2.05, 4.69) is 6.92 Å². The molecule has 0 saturated carbocycles. The molecule has 0 spiro atoms. The van der Waals surface area contributed by atoms with E-state index in [4.69, 9.17) is 20.5 Å². The number of carbonyl (C=O) groups is 1. The molecule has 0 amide bonds. The van der Waals surface area contributed by atoms with Crippen molar-refractivity contribution in [2.75, 3.05) is 6.61 Å². The van der Waals surface area contributed by atoms with E-state index in [0.717, 1.165) is 38.2 Å². The third-order valence-corrected chi connectivity index (χ3v) is 4.30. The van der Waals surface area contributed by atoms with Crippen LogP contribution in [0, 0.1) is 0 Å². The Morgan fingerprint density at radius 3 is 2.48 bits per heavy atom. The van der Waals surface area contributed by atoms with Gasteiger partial charge in [0, 0.05) is 10.7 Å². The van der Waals surface area contributed by atoms with Gasteiger partial charge < -0.3 is 9.84 Å². The van der Waals surface area contributed by atoms with Crippen molar-refractivity contribution >= 4 is 25.7 Å². The predicted octanol–water partition coefficient (Wildman–Crippen LogP) is 3.66. The summed E-state index contributed by atoms with van der Waals surface area (Å²) >= 11 is 0. The zero-order valence-electron chi connectivity index (χ0n) is 11.8. The lowest BCUT2D eigenvalue weighted by atomic mass is 10.2. The van der Waals surface area contributed by atoms with Crippen LogP contribution in [0.5, 0.6) is 5.75 Å². The van der Waals surface area contributed by atoms with Crippen molar-refractivity contribution in [3.05, 3.63) is 23.8 Å². The molecule has 0 unspecified atom stereocenters. The molecule has 0 heterocycles. The first kappa shape index (κ1) is 17.8. The molecule has 118 valence electrons. The molecule has 0 aliphatic heterocycles. The molecule has 0 saturated heterocycles. The summed E-state index contributed by atoms with van der Waals surface area (Å²) in [5.41, 5.74) is -0.149. The molecule has 0 fully saturated rings. The molecule has 1 aromatic rings. The Morgan fingerprint density at radius 2 is 1.90 bits per heavy atom. The molecule has 21 heavy (non-hydrogen) atoms. The van der Waals surface area contributed by atoms with Crippen LogP contribution in [0.3, 0.4) is 0 Å². The Balaban J connectivity index is 2.75. The fourth-order valence-corrected chi connectivity index (χ4v) is 2.84. The van der Waals surface area contributed by atoms with Crippen molar-refractivity contribution in [3.63, 3.8) is 0 Å². The average molecular weight is 335 g/mol. The van der Waals surface area contributed by atoms with E-state index in [-0.39, 0.29) is 16.2 Å². The fraction of sp³-hybridized carbons (Fsp3) is 0.500. The minimum Gasteiger partial charge on any atom is -0.492 e. The minimum atomic E-state index is -4.06. The van der Waals surface area contributed by atoms with Crippen molar-refractivity contribution in [1.82, 2.24) is 0 Å². The monoisotopic (exact) mass is 334 g/mol. The Kier molecular flexibility index (Phi) is 6.98. The first-order valence-electron chi connectivity index (χ1n) is 6.81. The second kappa shape index (κ2) is 8.24. The summed E-state index contributed by atoms with van der Waals surface area (Å²) in [6.45, 7) is 2.49. The molecule has 5 nitrogen and oxygen atoms in total. The van der Waals surface area contributed by atoms with E-state index in [0.29, 0.717) is 6.61 Å². The smallest absolute Gasteiger partial charge is 0.335 e. The first-order valence-corrected chi connectivity index (χ1v) is 9.12. The topological polar surface area (TPSA) is 80.7 Å². The van der Waals surface area contributed by atoms with Crippen LogP contribution in [0.1, 0.15) is 49.4 Å². The van der Waals surface area contributed by atoms with Crippen molar-refractivity contribution in [2.45, 2.75) is 43.9 Å². The third kappa shape index (κ3) is 5.93. The summed E-state index contributed by atoms with van der Waals surface area (Å²) in [6, 6.07) is 3.63. The van der Waals surface area contributed by atoms with Gasteiger partial charge in [-0.1, -0.05) is 32.6 Å². The molecule has 1 N–H and O–H groups in total. The lowest BCUT2D eigenvalue weighted by Crippen LogP contribution is -2.05. The maximum Gasteiger partial charge on any atom is 0.335 e. The van der Waals surface area contributed by atoms with E-state index in [1.165, 1.54) is 12.1 Å². The number of hydrogen-bond donors (Lipinski definition) is 1. The Morgan fingerprint density at radius 1 is 1.24 bits per heavy atom. The summed E-state index contributed by atoms with van der Waals surface area (Å²) < 4.78 is 28.4. The quantitative estimate of drug-likeness (QED) is 0.550. The highest BCUT2D eigenvalue weighted by atomic mass is 35.7. The number of rotatable bonds is 9. The second-order valence-electron chi connectivity index (χ2n) is 4.67. The lowest BCUT2D eigenvalue weighted by molar-refractivity contribution is 0.0696. The zero-order valence-corrected chi connectivity index (χ0v) is 13.4. The van der Waals surface area contributed by atoms with Crippen LogP contribution < -0.4 is 4.74 Å². The molecule has 0 bridgehead atoms. The van der Waals surface area contributed by atoms with E-state index >= 15 is 0 Å². The van der Waals surface area contributed by atoms with Gasteiger partial charge >= 0.3 is 5.97 Å². The molecule has 0 aliphatic rings. The second-order valence-corrected chi connectivity index (χ2v) is 7.20. The summed E-state index contributed by atoms with van der Waals surface area (Å²) in [6.07, 6.45) is 5.23. The maximum absolute atomic E-state index is 11.5. The van der Waals surface area contributed by atoms with E-state index in [1.54, 1.807) is 0 Å². The normalized spacial score (nSPS) is 11.3. The maximum atomic E-state index is 11.5. The van der Waals surface area contributed by atoms with Crippen molar-refractivity contribution in [2.24, 2.45) is 0 Å². The zero-order chi connectivity index (χ0) is 15.9. The van der Waals surface area contributed by atoms with Crippen molar-refractivity contribution < 1.29 is 23.1 Å². The Hall–Kier alpha value is -1.27. The van der Waals surface area contributed by atoms with Gasteiger partial charge in [-0.15, -0.1) is 0 Å². The van der Waals surface area contributed by atoms with E-state index in [9.17, 15) is 13.2 Å². The van der Waals surface area contributed by atoms with E-state index in [1.807, 2.05) is 0 Å². The van der Waals surface area contributed by atoms with Gasteiger partial charge in [-0.25, -0.2) is 13.2 Å². The molecule has 0 atom stereocenters. The number of benzene rings is 1. The summed E-state index contributed by atoms with van der Waals surface area (Å²) in [5, 5.41) is 8.88. The molecule has 0 radical (unpaired) electrons. The van der Waals surface area contributed by atoms with Crippen molar-refractivity contribution in [3.8, 4) is 5.75 Å². The molecule has 0 aliphatic carbocycles. The average Bonchev–Trinajstić information content (AvgIpc) is 2.41. The third-order valence-electron chi connectivity index (χ3n) is 2.96. The summed E-state index contributed by atoms with van der Waals surface area (Å²) in [4.78, 5) is 10.6. The standard InChI is InChI=1S/C14H19ClO5S/c1-2-3-4-5-6-9-20-12-8-7-11(14(16)17)10-13(12)21(15,18)19/h7-8,10H,2-6,9H2,1H3,(H,16,17). The van der Waals surface area contributed by atoms with Gasteiger partial charge in [-0.05, 0) is 24.6 Å². The largest absolute Gasteiger partial charge is 0.492 e. The minimum absolute atomic E-state index is 0.0884. The Labute approximate surface area is 129 Å². The number of carboxylic acid groups (broad SMARTS) is 1. The molecule has 1 rings (SSSR count). The Bertz CT molecular complexity index is 583. The number of carboxylic acids is 1. The number of aromatic carboxylic acids is 1. The van der Waals surface area contributed by atoms with Gasteiger partial charge in [0.2, 0.25) is 0 Å². The SMILES string of the molecule is CCCCCCCOc1ccc(C(=O)O)cc1S(=O)(=O)Cl. The molecular formula is C14H19ClO5S. The first-order chi connectivity index (χ1) is 9.86. The van der Waals surface area contributed by atoms with Crippen LogP contribution >= 0.6 is 10.7 Å². The molecule has 7 heteroatoms. The summed E-state index contributed by atoms with van der Waals surface area (Å²) in [5.74, 6) is -1.13. The summed E-state index contributed by atoms with van der Waals surface area (Å²) in [7, 11) is 1.26. The highest BCUT2D eigenvalue weighted by molar-refractivity contribution is 8.13. The van der Waals surface area contributed by atoms with Crippen LogP contribution in [0.15, 0.2) is 23.1 Å². The predicted molar refractivity (Wildman–Crippen MR) is 80.7 cm³/mol. The van der Waals surface area contributed by atoms with Gasteiger partial charge in [0.1, 0.15) is 10.6 Å². The van der Waals surface area contributed by atoms with Crippen LogP contribution in [0.4, 0.5) is 0 Å². The highest BCUT2D eigenvalue weighted by Gasteiger charge is 2.19. The van der Waals surface area contributed by atoms with Crippen LogP contribution in [0.25, 0.3) is 0 Å².